The molecule has 0 aliphatic heterocycles. The van der Waals surface area contributed by atoms with Gasteiger partial charge in [0.25, 0.3) is 0 Å². The second-order valence-electron chi connectivity index (χ2n) is 3.72. The maximum atomic E-state index is 12.8. The molecule has 0 bridgehead atoms. The molecule has 0 aliphatic carbocycles. The number of halogens is 5. The average Bonchev–Trinajstić information content (AvgIpc) is 2.27. The third-order valence-corrected chi connectivity index (χ3v) is 6.91. The summed E-state index contributed by atoms with van der Waals surface area (Å²) in [6, 6.07) is 9.17. The summed E-state index contributed by atoms with van der Waals surface area (Å²) < 4.78 is 12.8. The van der Waals surface area contributed by atoms with Gasteiger partial charge in [0.15, 0.2) is 0 Å². The molecule has 0 aliphatic rings. The van der Waals surface area contributed by atoms with E-state index in [0.29, 0.717) is 20.7 Å². The molecule has 2 rings (SSSR count). The minimum Gasteiger partial charge on any atom is -0.296 e. The van der Waals surface area contributed by atoms with Gasteiger partial charge in [-0.05, 0) is 47.6 Å². The molecule has 1 nitrogen and oxygen atoms in total. The molecule has 0 spiro atoms. The first kappa shape index (κ1) is 15.5. The summed E-state index contributed by atoms with van der Waals surface area (Å²) in [7, 11) is 0. The molecule has 19 heavy (non-hydrogen) atoms. The second kappa shape index (κ2) is 5.85. The molecular weight excluding hydrogens is 368 g/mol. The summed E-state index contributed by atoms with van der Waals surface area (Å²) in [5, 5.41) is 1.93. The third-order valence-electron chi connectivity index (χ3n) is 2.44. The smallest absolute Gasteiger partial charge is 0.228 e. The molecule has 2 aromatic rings. The van der Waals surface area contributed by atoms with Crippen LogP contribution < -0.4 is 10.6 Å². The van der Waals surface area contributed by atoms with Gasteiger partial charge < -0.3 is 0 Å². The van der Waals surface area contributed by atoms with Gasteiger partial charge in [0.2, 0.25) is 6.49 Å². The van der Waals surface area contributed by atoms with E-state index in [-0.39, 0.29) is 10.0 Å². The molecule has 2 aromatic carbocycles. The van der Waals surface area contributed by atoms with Gasteiger partial charge in [-0.2, -0.15) is 0 Å². The van der Waals surface area contributed by atoms with Crippen molar-refractivity contribution in [3.05, 3.63) is 56.5 Å². The van der Waals surface area contributed by atoms with Gasteiger partial charge in [-0.25, -0.2) is 0 Å². The first-order valence-electron chi connectivity index (χ1n) is 5.03. The lowest BCUT2D eigenvalue weighted by Crippen LogP contribution is -2.14. The number of hydrogen-bond acceptors (Lipinski definition) is 1. The highest BCUT2D eigenvalue weighted by molar-refractivity contribution is 8.00. The Morgan fingerprint density at radius 2 is 1.11 bits per heavy atom. The zero-order chi connectivity index (χ0) is 14.2. The summed E-state index contributed by atoms with van der Waals surface area (Å²) >= 11 is 29.9. The Labute approximate surface area is 135 Å². The summed E-state index contributed by atoms with van der Waals surface area (Å²) in [6.45, 7) is -3.42. The topological polar surface area (TPSA) is 17.1 Å². The SMILES string of the molecule is O=P(Cl)(c1ccc(Cl)cc1Cl)c1ccc(Cl)cc1Cl. The molecule has 0 N–H and O–H groups in total. The van der Waals surface area contributed by atoms with Crippen LogP contribution in [0, 0.1) is 0 Å². The lowest BCUT2D eigenvalue weighted by atomic mass is 10.3. The Bertz CT molecular complexity index is 630. The molecule has 0 saturated carbocycles. The van der Waals surface area contributed by atoms with Crippen molar-refractivity contribution in [1.29, 1.82) is 0 Å². The highest BCUT2D eigenvalue weighted by Crippen LogP contribution is 2.52. The van der Waals surface area contributed by atoms with Crippen molar-refractivity contribution >= 4 is 74.7 Å². The molecule has 0 amide bonds. The Morgan fingerprint density at radius 1 is 0.737 bits per heavy atom. The third kappa shape index (κ3) is 3.24. The van der Waals surface area contributed by atoms with Gasteiger partial charge in [0, 0.05) is 20.7 Å². The van der Waals surface area contributed by atoms with Gasteiger partial charge in [-0.1, -0.05) is 46.4 Å². The number of rotatable bonds is 2. The van der Waals surface area contributed by atoms with Gasteiger partial charge in [0.05, 0.1) is 10.0 Å². The minimum absolute atomic E-state index is 0.233. The monoisotopic (exact) mass is 372 g/mol. The van der Waals surface area contributed by atoms with E-state index in [1.54, 1.807) is 12.1 Å². The highest BCUT2D eigenvalue weighted by Gasteiger charge is 2.29. The summed E-state index contributed by atoms with van der Waals surface area (Å²) in [4.78, 5) is 0. The van der Waals surface area contributed by atoms with E-state index in [2.05, 4.69) is 0 Å². The predicted octanol–water partition coefficient (Wildman–Crippen LogP) is 5.77. The first-order valence-corrected chi connectivity index (χ1v) is 9.15. The molecule has 0 atom stereocenters. The van der Waals surface area contributed by atoms with E-state index >= 15 is 0 Å². The highest BCUT2D eigenvalue weighted by atomic mass is 35.7. The quantitative estimate of drug-likeness (QED) is 0.610. The maximum Gasteiger partial charge on any atom is 0.228 e. The molecule has 0 heterocycles. The summed E-state index contributed by atoms with van der Waals surface area (Å²) in [5.41, 5.74) is 0. The Morgan fingerprint density at radius 3 is 1.42 bits per heavy atom. The van der Waals surface area contributed by atoms with Crippen LogP contribution >= 0.6 is 64.1 Å². The molecule has 7 heteroatoms. The molecule has 0 radical (unpaired) electrons. The number of benzene rings is 2. The van der Waals surface area contributed by atoms with Crippen LogP contribution in [0.1, 0.15) is 0 Å². The van der Waals surface area contributed by atoms with E-state index in [0.717, 1.165) is 0 Å². The lowest BCUT2D eigenvalue weighted by Gasteiger charge is -2.14. The number of hydrogen-bond donors (Lipinski definition) is 0. The predicted molar refractivity (Wildman–Crippen MR) is 85.7 cm³/mol. The first-order chi connectivity index (χ1) is 8.82. The largest absolute Gasteiger partial charge is 0.296 e. The Kier molecular flexibility index (Phi) is 4.78. The van der Waals surface area contributed by atoms with E-state index < -0.39 is 6.49 Å². The fourth-order valence-corrected chi connectivity index (χ4v) is 5.70. The fourth-order valence-electron chi connectivity index (χ4n) is 1.56. The Balaban J connectivity index is 2.61. The molecule has 0 fully saturated rings. The average molecular weight is 374 g/mol. The van der Waals surface area contributed by atoms with Crippen LogP contribution in [0.2, 0.25) is 20.1 Å². The zero-order valence-corrected chi connectivity index (χ0v) is 13.9. The maximum absolute atomic E-state index is 12.8. The van der Waals surface area contributed by atoms with Gasteiger partial charge in [-0.15, -0.1) is 0 Å². The summed E-state index contributed by atoms with van der Waals surface area (Å²) in [5.74, 6) is 0. The molecule has 0 saturated heterocycles. The molecule has 100 valence electrons. The van der Waals surface area contributed by atoms with Gasteiger partial charge in [0.1, 0.15) is 0 Å². The van der Waals surface area contributed by atoms with E-state index in [1.807, 2.05) is 0 Å². The van der Waals surface area contributed by atoms with Crippen LogP contribution in [0.4, 0.5) is 0 Å². The van der Waals surface area contributed by atoms with Crippen molar-refractivity contribution in [2.24, 2.45) is 0 Å². The van der Waals surface area contributed by atoms with Crippen molar-refractivity contribution in [2.75, 3.05) is 0 Å². The van der Waals surface area contributed by atoms with Crippen molar-refractivity contribution in [1.82, 2.24) is 0 Å². The lowest BCUT2D eigenvalue weighted by molar-refractivity contribution is 0.595. The van der Waals surface area contributed by atoms with E-state index in [9.17, 15) is 4.57 Å². The van der Waals surface area contributed by atoms with Crippen LogP contribution in [0.5, 0.6) is 0 Å². The molecule has 0 unspecified atom stereocenters. The standard InChI is InChI=1S/C12H6Cl5OP/c13-7-1-3-11(9(15)5-7)19(17,18)12-4-2-8(14)6-10(12)16/h1-6H. The molecule has 0 aromatic heterocycles. The van der Waals surface area contributed by atoms with Crippen molar-refractivity contribution in [2.45, 2.75) is 0 Å². The van der Waals surface area contributed by atoms with Gasteiger partial charge in [-0.3, -0.25) is 4.57 Å². The zero-order valence-electron chi connectivity index (χ0n) is 9.21. The molecular formula is C12H6Cl5OP. The Hall–Kier alpha value is 0.120. The summed E-state index contributed by atoms with van der Waals surface area (Å²) in [6.07, 6.45) is 0. The van der Waals surface area contributed by atoms with Crippen LogP contribution in [0.15, 0.2) is 36.4 Å². The van der Waals surface area contributed by atoms with Crippen LogP contribution in [0.25, 0.3) is 0 Å². The van der Waals surface area contributed by atoms with E-state index in [4.69, 9.17) is 57.6 Å². The van der Waals surface area contributed by atoms with Crippen molar-refractivity contribution in [3.63, 3.8) is 0 Å². The van der Waals surface area contributed by atoms with Crippen molar-refractivity contribution < 1.29 is 4.57 Å². The van der Waals surface area contributed by atoms with Crippen LogP contribution in [-0.2, 0) is 4.57 Å². The fraction of sp³-hybridized carbons (Fsp3) is 0. The normalized spacial score (nSPS) is 11.6. The second-order valence-corrected chi connectivity index (χ2v) is 8.87. The van der Waals surface area contributed by atoms with Crippen molar-refractivity contribution in [3.8, 4) is 0 Å². The van der Waals surface area contributed by atoms with Crippen LogP contribution in [-0.4, -0.2) is 0 Å². The van der Waals surface area contributed by atoms with Crippen LogP contribution in [0.3, 0.4) is 0 Å². The van der Waals surface area contributed by atoms with E-state index in [1.165, 1.54) is 24.3 Å². The minimum atomic E-state index is -3.42. The van der Waals surface area contributed by atoms with Gasteiger partial charge >= 0.3 is 0 Å².